The van der Waals surface area contributed by atoms with Crippen LogP contribution in [0.15, 0.2) is 48.5 Å². The van der Waals surface area contributed by atoms with Crippen molar-refractivity contribution in [2.75, 3.05) is 13.2 Å². The zero-order chi connectivity index (χ0) is 20.4. The fraction of sp³-hybridized carbons (Fsp3) is 0.417. The lowest BCUT2D eigenvalue weighted by atomic mass is 9.94. The molecule has 0 spiro atoms. The van der Waals surface area contributed by atoms with Gasteiger partial charge in [0.15, 0.2) is 0 Å². The van der Waals surface area contributed by atoms with Crippen LogP contribution >= 0.6 is 0 Å². The number of rotatable bonds is 4. The molecule has 4 nitrogen and oxygen atoms in total. The number of nitrogens with zero attached hydrogens (tertiary/aromatic N) is 2. The van der Waals surface area contributed by atoms with Crippen LogP contribution in [0.2, 0.25) is 0 Å². The van der Waals surface area contributed by atoms with Gasteiger partial charge in [0.2, 0.25) is 0 Å². The van der Waals surface area contributed by atoms with Crippen LogP contribution in [0.4, 0.5) is 0 Å². The van der Waals surface area contributed by atoms with Crippen molar-refractivity contribution in [1.29, 1.82) is 10.5 Å². The van der Waals surface area contributed by atoms with E-state index in [2.05, 4.69) is 12.1 Å². The summed E-state index contributed by atoms with van der Waals surface area (Å²) in [7, 11) is 0. The molecule has 0 amide bonds. The number of aryl methyl sites for hydroxylation is 2. The molecule has 0 unspecified atom stereocenters. The molecule has 2 aliphatic rings. The predicted octanol–water partition coefficient (Wildman–Crippen LogP) is 3.54. The lowest BCUT2D eigenvalue weighted by Crippen LogP contribution is -2.09. The van der Waals surface area contributed by atoms with E-state index in [0.717, 1.165) is 24.0 Å². The highest BCUT2D eigenvalue weighted by atomic mass is 16.3. The Balaban J connectivity index is 0.000000161. The SMILES string of the molecule is Cc1ccc([C@@]2(C#N)C[C@@H]2CO)cc1.Cc1cccc([C@]2(C#N)C[C@@H]2CO)c1. The largest absolute Gasteiger partial charge is 0.396 e. The van der Waals surface area contributed by atoms with Crippen molar-refractivity contribution in [2.45, 2.75) is 37.5 Å². The van der Waals surface area contributed by atoms with Crippen LogP contribution in [0.25, 0.3) is 0 Å². The quantitative estimate of drug-likeness (QED) is 0.857. The molecule has 2 saturated carbocycles. The number of benzene rings is 2. The predicted molar refractivity (Wildman–Crippen MR) is 107 cm³/mol. The standard InChI is InChI=1S/2C12H13NO/c1-9-2-4-10(5-3-9)12(8-13)6-11(12)7-14;1-9-3-2-4-10(5-9)12(8-13)6-11(12)7-14/h2*2-5,11,14H,6-7H2,1H3/t11-,12+;11-,12-/m11/s1. The zero-order valence-corrected chi connectivity index (χ0v) is 16.4. The molecule has 0 radical (unpaired) electrons. The van der Waals surface area contributed by atoms with Gasteiger partial charge in [-0.05, 0) is 37.8 Å². The van der Waals surface area contributed by atoms with Gasteiger partial charge in [-0.15, -0.1) is 0 Å². The first-order valence-corrected chi connectivity index (χ1v) is 9.64. The van der Waals surface area contributed by atoms with Crippen molar-refractivity contribution < 1.29 is 10.2 Å². The minimum atomic E-state index is -0.402. The molecule has 2 fully saturated rings. The summed E-state index contributed by atoms with van der Waals surface area (Å²) in [5.74, 6) is 0.268. The van der Waals surface area contributed by atoms with Crippen molar-refractivity contribution in [1.82, 2.24) is 0 Å². The molecule has 0 aliphatic heterocycles. The number of aliphatic hydroxyl groups is 2. The Bertz CT molecular complexity index is 925. The van der Waals surface area contributed by atoms with Crippen molar-refractivity contribution in [3.63, 3.8) is 0 Å². The molecule has 2 N–H and O–H groups in total. The van der Waals surface area contributed by atoms with Crippen molar-refractivity contribution >= 4 is 0 Å². The smallest absolute Gasteiger partial charge is 0.0877 e. The fourth-order valence-corrected chi connectivity index (χ4v) is 3.98. The van der Waals surface area contributed by atoms with Gasteiger partial charge in [0.05, 0.1) is 23.0 Å². The molecule has 2 aromatic carbocycles. The van der Waals surface area contributed by atoms with E-state index in [4.69, 9.17) is 20.7 Å². The highest BCUT2D eigenvalue weighted by Crippen LogP contribution is 2.54. The summed E-state index contributed by atoms with van der Waals surface area (Å²) in [6.07, 6.45) is 1.59. The second kappa shape index (κ2) is 7.76. The first-order valence-electron chi connectivity index (χ1n) is 9.64. The molecule has 4 rings (SSSR count). The van der Waals surface area contributed by atoms with Crippen LogP contribution in [0.5, 0.6) is 0 Å². The third kappa shape index (κ3) is 3.54. The number of hydrogen-bond acceptors (Lipinski definition) is 4. The molecular formula is C24H26N2O2. The highest BCUT2D eigenvalue weighted by molar-refractivity contribution is 5.43. The maximum absolute atomic E-state index is 9.14. The Kier molecular flexibility index (Phi) is 5.57. The molecular weight excluding hydrogens is 348 g/mol. The second-order valence-corrected chi connectivity index (χ2v) is 8.07. The van der Waals surface area contributed by atoms with E-state index in [-0.39, 0.29) is 25.0 Å². The van der Waals surface area contributed by atoms with Gasteiger partial charge in [-0.3, -0.25) is 0 Å². The van der Waals surface area contributed by atoms with Crippen LogP contribution in [0.1, 0.15) is 35.1 Å². The van der Waals surface area contributed by atoms with E-state index in [9.17, 15) is 0 Å². The molecule has 0 aromatic heterocycles. The zero-order valence-electron chi connectivity index (χ0n) is 16.4. The van der Waals surface area contributed by atoms with Gasteiger partial charge in [0, 0.05) is 25.0 Å². The molecule has 4 heteroatoms. The first kappa shape index (κ1) is 20.1. The summed E-state index contributed by atoms with van der Waals surface area (Å²) in [6, 6.07) is 20.7. The molecule has 144 valence electrons. The van der Waals surface area contributed by atoms with Gasteiger partial charge in [-0.1, -0.05) is 59.7 Å². The third-order valence-electron chi connectivity index (χ3n) is 6.15. The average molecular weight is 374 g/mol. The van der Waals surface area contributed by atoms with E-state index in [1.165, 1.54) is 11.1 Å². The van der Waals surface area contributed by atoms with Crippen molar-refractivity contribution in [3.8, 4) is 12.1 Å². The van der Waals surface area contributed by atoms with Crippen LogP contribution in [-0.4, -0.2) is 23.4 Å². The number of hydrogen-bond donors (Lipinski definition) is 2. The maximum Gasteiger partial charge on any atom is 0.0877 e. The van der Waals surface area contributed by atoms with E-state index in [1.54, 1.807) is 0 Å². The summed E-state index contributed by atoms with van der Waals surface area (Å²) < 4.78 is 0. The highest BCUT2D eigenvalue weighted by Gasteiger charge is 2.56. The summed E-state index contributed by atoms with van der Waals surface area (Å²) >= 11 is 0. The monoisotopic (exact) mass is 374 g/mol. The van der Waals surface area contributed by atoms with E-state index >= 15 is 0 Å². The Morgan fingerprint density at radius 3 is 1.79 bits per heavy atom. The van der Waals surface area contributed by atoms with Crippen LogP contribution < -0.4 is 0 Å². The average Bonchev–Trinajstić information content (AvgIpc) is 3.62. The van der Waals surface area contributed by atoms with Crippen molar-refractivity contribution in [2.24, 2.45) is 11.8 Å². The lowest BCUT2D eigenvalue weighted by molar-refractivity contribution is 0.269. The summed E-state index contributed by atoms with van der Waals surface area (Å²) in [6.45, 7) is 4.27. The second-order valence-electron chi connectivity index (χ2n) is 8.07. The van der Waals surface area contributed by atoms with Crippen LogP contribution in [0.3, 0.4) is 0 Å². The Hall–Kier alpha value is -2.66. The van der Waals surface area contributed by atoms with Gasteiger partial charge >= 0.3 is 0 Å². The minimum absolute atomic E-state index is 0.113. The van der Waals surface area contributed by atoms with E-state index < -0.39 is 10.8 Å². The lowest BCUT2D eigenvalue weighted by Gasteiger charge is -2.08. The fourth-order valence-electron chi connectivity index (χ4n) is 3.98. The first-order chi connectivity index (χ1) is 13.5. The molecule has 0 heterocycles. The number of aliphatic hydroxyl groups excluding tert-OH is 2. The molecule has 28 heavy (non-hydrogen) atoms. The van der Waals surface area contributed by atoms with Crippen LogP contribution in [0, 0.1) is 48.3 Å². The Morgan fingerprint density at radius 1 is 0.821 bits per heavy atom. The molecule has 0 bridgehead atoms. The molecule has 0 saturated heterocycles. The molecule has 2 aromatic rings. The van der Waals surface area contributed by atoms with Crippen LogP contribution in [-0.2, 0) is 10.8 Å². The third-order valence-corrected chi connectivity index (χ3v) is 6.15. The molecule has 4 atom stereocenters. The summed E-state index contributed by atoms with van der Waals surface area (Å²) in [5, 5.41) is 36.4. The Morgan fingerprint density at radius 2 is 1.36 bits per heavy atom. The summed E-state index contributed by atoms with van der Waals surface area (Å²) in [4.78, 5) is 0. The van der Waals surface area contributed by atoms with Crippen molar-refractivity contribution in [3.05, 3.63) is 70.8 Å². The molecule has 2 aliphatic carbocycles. The maximum atomic E-state index is 9.14. The minimum Gasteiger partial charge on any atom is -0.396 e. The number of nitriles is 2. The Labute approximate surface area is 166 Å². The van der Waals surface area contributed by atoms with E-state index in [0.29, 0.717) is 0 Å². The summed E-state index contributed by atoms with van der Waals surface area (Å²) in [5.41, 5.74) is 3.66. The van der Waals surface area contributed by atoms with Gasteiger partial charge in [0.25, 0.3) is 0 Å². The van der Waals surface area contributed by atoms with Gasteiger partial charge in [-0.2, -0.15) is 10.5 Å². The normalized spacial score (nSPS) is 29.6. The van der Waals surface area contributed by atoms with Gasteiger partial charge in [0.1, 0.15) is 0 Å². The van der Waals surface area contributed by atoms with Gasteiger partial charge in [-0.25, -0.2) is 0 Å². The van der Waals surface area contributed by atoms with Gasteiger partial charge < -0.3 is 10.2 Å². The van der Waals surface area contributed by atoms with E-state index in [1.807, 2.05) is 62.4 Å². The topological polar surface area (TPSA) is 88.0 Å².